The predicted molar refractivity (Wildman–Crippen MR) is 95.4 cm³/mol. The minimum atomic E-state index is -0.994. The number of carboxylic acids is 1. The van der Waals surface area contributed by atoms with Gasteiger partial charge in [-0.25, -0.2) is 0 Å². The zero-order chi connectivity index (χ0) is 19.1. The molecule has 7 heteroatoms. The van der Waals surface area contributed by atoms with Crippen LogP contribution in [0.15, 0.2) is 18.2 Å². The van der Waals surface area contributed by atoms with Crippen molar-refractivity contribution >= 4 is 11.9 Å². The number of rotatable bonds is 8. The van der Waals surface area contributed by atoms with Crippen LogP contribution in [0.3, 0.4) is 0 Å². The first-order valence-electron chi connectivity index (χ1n) is 8.78. The second kappa shape index (κ2) is 9.43. The summed E-state index contributed by atoms with van der Waals surface area (Å²) < 4.78 is 15.9. The van der Waals surface area contributed by atoms with Crippen molar-refractivity contribution in [2.75, 3.05) is 27.4 Å². The minimum Gasteiger partial charge on any atom is -0.497 e. The molecule has 0 aromatic heterocycles. The molecule has 26 heavy (non-hydrogen) atoms. The van der Waals surface area contributed by atoms with Crippen LogP contribution >= 0.6 is 0 Å². The van der Waals surface area contributed by atoms with E-state index in [4.69, 9.17) is 14.2 Å². The largest absolute Gasteiger partial charge is 0.497 e. The summed E-state index contributed by atoms with van der Waals surface area (Å²) in [5, 5.41) is 12.2. The number of nitrogens with one attached hydrogen (secondary N) is 1. The molecular weight excluding hydrogens is 338 g/mol. The molecule has 2 N–H and O–H groups in total. The zero-order valence-electron chi connectivity index (χ0n) is 15.5. The number of carboxylic acid groups (broad SMARTS) is 1. The Morgan fingerprint density at radius 2 is 1.96 bits per heavy atom. The second-order valence-electron chi connectivity index (χ2n) is 6.51. The van der Waals surface area contributed by atoms with E-state index in [9.17, 15) is 14.7 Å². The lowest BCUT2D eigenvalue weighted by Crippen LogP contribution is -2.38. The van der Waals surface area contributed by atoms with Crippen molar-refractivity contribution in [3.8, 4) is 11.5 Å². The maximum atomic E-state index is 12.7. The highest BCUT2D eigenvalue weighted by atomic mass is 16.5. The Hall–Kier alpha value is -2.28. The molecule has 1 aromatic carbocycles. The maximum Gasteiger partial charge on any atom is 0.305 e. The van der Waals surface area contributed by atoms with Crippen LogP contribution in [0.1, 0.15) is 37.8 Å². The molecule has 1 saturated heterocycles. The average Bonchev–Trinajstić information content (AvgIpc) is 2.66. The van der Waals surface area contributed by atoms with Crippen LogP contribution in [0, 0.1) is 11.8 Å². The van der Waals surface area contributed by atoms with Crippen molar-refractivity contribution in [1.82, 2.24) is 5.32 Å². The molecule has 1 amide bonds. The van der Waals surface area contributed by atoms with Gasteiger partial charge in [0.15, 0.2) is 0 Å². The van der Waals surface area contributed by atoms with E-state index >= 15 is 0 Å². The van der Waals surface area contributed by atoms with E-state index in [1.54, 1.807) is 25.3 Å². The number of carbonyl (C=O) groups excluding carboxylic acids is 1. The van der Waals surface area contributed by atoms with E-state index in [2.05, 4.69) is 5.32 Å². The van der Waals surface area contributed by atoms with Gasteiger partial charge < -0.3 is 24.6 Å². The summed E-state index contributed by atoms with van der Waals surface area (Å²) >= 11 is 0. The maximum absolute atomic E-state index is 12.7. The van der Waals surface area contributed by atoms with Gasteiger partial charge in [0, 0.05) is 30.8 Å². The number of methoxy groups -OCH3 is 2. The summed E-state index contributed by atoms with van der Waals surface area (Å²) in [6.07, 6.45) is 1.45. The lowest BCUT2D eigenvalue weighted by Gasteiger charge is -2.29. The molecule has 1 aromatic rings. The van der Waals surface area contributed by atoms with E-state index in [1.165, 1.54) is 7.11 Å². The highest BCUT2D eigenvalue weighted by molar-refractivity contribution is 5.80. The molecule has 0 radical (unpaired) electrons. The molecular formula is C19H27NO6. The van der Waals surface area contributed by atoms with Crippen LogP contribution in [-0.4, -0.2) is 44.4 Å². The number of carbonyl (C=O) groups is 2. The lowest BCUT2D eigenvalue weighted by molar-refractivity contribution is -0.138. The van der Waals surface area contributed by atoms with Crippen molar-refractivity contribution in [1.29, 1.82) is 0 Å². The summed E-state index contributed by atoms with van der Waals surface area (Å²) in [6, 6.07) is 4.45. The van der Waals surface area contributed by atoms with Gasteiger partial charge in [-0.2, -0.15) is 0 Å². The van der Waals surface area contributed by atoms with E-state index in [0.717, 1.165) is 12.8 Å². The van der Waals surface area contributed by atoms with Gasteiger partial charge >= 0.3 is 5.97 Å². The number of benzene rings is 1. The minimum absolute atomic E-state index is 0.152. The summed E-state index contributed by atoms with van der Waals surface area (Å²) in [7, 11) is 3.04. The van der Waals surface area contributed by atoms with E-state index in [1.807, 2.05) is 6.92 Å². The van der Waals surface area contributed by atoms with Gasteiger partial charge in [0.25, 0.3) is 0 Å². The molecule has 0 saturated carbocycles. The number of amides is 1. The Morgan fingerprint density at radius 1 is 1.27 bits per heavy atom. The fourth-order valence-electron chi connectivity index (χ4n) is 3.25. The molecule has 1 aliphatic rings. The van der Waals surface area contributed by atoms with Crippen molar-refractivity contribution in [3.63, 3.8) is 0 Å². The quantitative estimate of drug-likeness (QED) is 0.735. The zero-order valence-corrected chi connectivity index (χ0v) is 15.5. The van der Waals surface area contributed by atoms with Crippen LogP contribution in [0.4, 0.5) is 0 Å². The van der Waals surface area contributed by atoms with E-state index in [0.29, 0.717) is 30.3 Å². The van der Waals surface area contributed by atoms with Gasteiger partial charge in [0.1, 0.15) is 11.5 Å². The third-order valence-electron chi connectivity index (χ3n) is 4.90. The molecule has 2 unspecified atom stereocenters. The summed E-state index contributed by atoms with van der Waals surface area (Å²) in [6.45, 7) is 3.20. The topological polar surface area (TPSA) is 94.1 Å². The molecule has 1 fully saturated rings. The van der Waals surface area contributed by atoms with E-state index < -0.39 is 12.0 Å². The number of ether oxygens (including phenoxy) is 3. The Bertz CT molecular complexity index is 626. The molecule has 0 bridgehead atoms. The molecule has 0 spiro atoms. The SMILES string of the molecule is COc1ccc(C(CC(=O)O)NC(=O)C(C)C2CCOCC2)c(OC)c1. The van der Waals surface area contributed by atoms with Gasteiger partial charge in [-0.1, -0.05) is 6.92 Å². The first-order valence-corrected chi connectivity index (χ1v) is 8.78. The normalized spacial score (nSPS) is 17.2. The molecule has 144 valence electrons. The van der Waals surface area contributed by atoms with Gasteiger partial charge in [-0.05, 0) is 30.9 Å². The van der Waals surface area contributed by atoms with E-state index in [-0.39, 0.29) is 24.2 Å². The second-order valence-corrected chi connectivity index (χ2v) is 6.51. The van der Waals surface area contributed by atoms with Crippen molar-refractivity contribution in [2.45, 2.75) is 32.2 Å². The Labute approximate surface area is 153 Å². The Balaban J connectivity index is 2.19. The highest BCUT2D eigenvalue weighted by Gasteiger charge is 2.29. The fraction of sp³-hybridized carbons (Fsp3) is 0.579. The summed E-state index contributed by atoms with van der Waals surface area (Å²) in [4.78, 5) is 24.0. The monoisotopic (exact) mass is 365 g/mol. The molecule has 2 atom stereocenters. The highest BCUT2D eigenvalue weighted by Crippen LogP contribution is 2.32. The molecule has 7 nitrogen and oxygen atoms in total. The van der Waals surface area contributed by atoms with Crippen LogP contribution in [-0.2, 0) is 14.3 Å². The van der Waals surface area contributed by atoms with Crippen LogP contribution in [0.5, 0.6) is 11.5 Å². The van der Waals surface area contributed by atoms with Crippen molar-refractivity contribution < 1.29 is 28.9 Å². The molecule has 0 aliphatic carbocycles. The van der Waals surface area contributed by atoms with Gasteiger partial charge in [-0.3, -0.25) is 9.59 Å². The van der Waals surface area contributed by atoms with Crippen molar-refractivity contribution in [3.05, 3.63) is 23.8 Å². The van der Waals surface area contributed by atoms with Gasteiger partial charge in [0.05, 0.1) is 26.7 Å². The summed E-state index contributed by atoms with van der Waals surface area (Å²) in [5.41, 5.74) is 0.614. The average molecular weight is 365 g/mol. The number of hydrogen-bond donors (Lipinski definition) is 2. The van der Waals surface area contributed by atoms with Gasteiger partial charge in [0.2, 0.25) is 5.91 Å². The smallest absolute Gasteiger partial charge is 0.305 e. The lowest BCUT2D eigenvalue weighted by atomic mass is 9.86. The fourth-order valence-corrected chi connectivity index (χ4v) is 3.25. The molecule has 2 rings (SSSR count). The third-order valence-corrected chi connectivity index (χ3v) is 4.90. The Morgan fingerprint density at radius 3 is 2.54 bits per heavy atom. The number of aliphatic carboxylic acids is 1. The molecule has 1 aliphatic heterocycles. The molecule has 1 heterocycles. The third kappa shape index (κ3) is 5.11. The Kier molecular flexibility index (Phi) is 7.26. The standard InChI is InChI=1S/C19H27NO6/c1-12(13-6-8-26-9-7-13)19(23)20-16(11-18(21)22)15-5-4-14(24-2)10-17(15)25-3/h4-5,10,12-13,16H,6-9,11H2,1-3H3,(H,20,23)(H,21,22). The first-order chi connectivity index (χ1) is 12.5. The van der Waals surface area contributed by atoms with Crippen molar-refractivity contribution in [2.24, 2.45) is 11.8 Å². The van der Waals surface area contributed by atoms with Crippen LogP contribution < -0.4 is 14.8 Å². The summed E-state index contributed by atoms with van der Waals surface area (Å²) in [5.74, 6) is -0.0319. The van der Waals surface area contributed by atoms with Crippen LogP contribution in [0.25, 0.3) is 0 Å². The predicted octanol–water partition coefficient (Wildman–Crippen LogP) is 2.40. The van der Waals surface area contributed by atoms with Crippen LogP contribution in [0.2, 0.25) is 0 Å². The number of hydrogen-bond acceptors (Lipinski definition) is 5. The first kappa shape index (κ1) is 20.0. The van der Waals surface area contributed by atoms with Gasteiger partial charge in [-0.15, -0.1) is 0 Å².